The normalized spacial score (nSPS) is 11.6. The Hall–Kier alpha value is -1.01. The highest BCUT2D eigenvalue weighted by atomic mass is 32.2. The summed E-state index contributed by atoms with van der Waals surface area (Å²) in [5.41, 5.74) is 1.69. The van der Waals surface area contributed by atoms with Gasteiger partial charge in [0.05, 0.1) is 17.1 Å². The van der Waals surface area contributed by atoms with Gasteiger partial charge < -0.3 is 5.32 Å². The van der Waals surface area contributed by atoms with Crippen LogP contribution in [0.25, 0.3) is 0 Å². The van der Waals surface area contributed by atoms with Crippen LogP contribution in [-0.4, -0.2) is 36.4 Å². The summed E-state index contributed by atoms with van der Waals surface area (Å²) in [7, 11) is -2.88. The summed E-state index contributed by atoms with van der Waals surface area (Å²) in [4.78, 5) is 8.26. The standard InChI is InChI=1S/C10H17N3O2S/c1-3-16(14,15)5-4-11-7-10-8-12-9(2)6-13-10/h6,8,11H,3-5,7H2,1-2H3. The molecule has 16 heavy (non-hydrogen) atoms. The highest BCUT2D eigenvalue weighted by Crippen LogP contribution is 1.93. The quantitative estimate of drug-likeness (QED) is 0.728. The fraction of sp³-hybridized carbons (Fsp3) is 0.600. The van der Waals surface area contributed by atoms with Crippen LogP contribution in [0.2, 0.25) is 0 Å². The molecule has 0 aliphatic carbocycles. The van der Waals surface area contributed by atoms with Crippen molar-refractivity contribution in [2.24, 2.45) is 0 Å². The molecule has 6 heteroatoms. The summed E-state index contributed by atoms with van der Waals surface area (Å²) in [5.74, 6) is 0.363. The van der Waals surface area contributed by atoms with Crippen LogP contribution < -0.4 is 5.32 Å². The first kappa shape index (κ1) is 13.1. The Morgan fingerprint density at radius 1 is 1.31 bits per heavy atom. The first-order chi connectivity index (χ1) is 7.53. The number of hydrogen-bond donors (Lipinski definition) is 1. The summed E-state index contributed by atoms with van der Waals surface area (Å²) in [6.45, 7) is 4.52. The number of nitrogens with one attached hydrogen (secondary N) is 1. The largest absolute Gasteiger partial charge is 0.310 e. The average Bonchev–Trinajstić information content (AvgIpc) is 2.27. The topological polar surface area (TPSA) is 72.0 Å². The van der Waals surface area contributed by atoms with Gasteiger partial charge >= 0.3 is 0 Å². The van der Waals surface area contributed by atoms with Crippen LogP contribution >= 0.6 is 0 Å². The van der Waals surface area contributed by atoms with Crippen molar-refractivity contribution in [1.29, 1.82) is 0 Å². The molecule has 0 spiro atoms. The molecule has 0 unspecified atom stereocenters. The maximum atomic E-state index is 11.2. The Bertz CT molecular complexity index is 414. The van der Waals surface area contributed by atoms with Crippen molar-refractivity contribution in [2.75, 3.05) is 18.1 Å². The zero-order valence-corrected chi connectivity index (χ0v) is 10.4. The van der Waals surface area contributed by atoms with Crippen LogP contribution in [0.15, 0.2) is 12.4 Å². The molecule has 5 nitrogen and oxygen atoms in total. The summed E-state index contributed by atoms with van der Waals surface area (Å²) in [6.07, 6.45) is 3.39. The molecule has 0 atom stereocenters. The molecule has 1 aromatic rings. The molecule has 1 N–H and O–H groups in total. The van der Waals surface area contributed by atoms with Crippen LogP contribution in [0.4, 0.5) is 0 Å². The molecule has 0 saturated heterocycles. The predicted molar refractivity (Wildman–Crippen MR) is 62.8 cm³/mol. The van der Waals surface area contributed by atoms with Crippen molar-refractivity contribution in [3.05, 3.63) is 23.8 Å². The lowest BCUT2D eigenvalue weighted by molar-refractivity contribution is 0.591. The zero-order chi connectivity index (χ0) is 12.0. The van der Waals surface area contributed by atoms with Crippen molar-refractivity contribution in [3.63, 3.8) is 0 Å². The number of hydrogen-bond acceptors (Lipinski definition) is 5. The molecule has 1 heterocycles. The lowest BCUT2D eigenvalue weighted by Crippen LogP contribution is -2.24. The van der Waals surface area contributed by atoms with Crippen LogP contribution in [0.5, 0.6) is 0 Å². The fourth-order valence-corrected chi connectivity index (χ4v) is 1.84. The van der Waals surface area contributed by atoms with E-state index >= 15 is 0 Å². The first-order valence-corrected chi connectivity index (χ1v) is 7.04. The Morgan fingerprint density at radius 2 is 2.06 bits per heavy atom. The third-order valence-electron chi connectivity index (χ3n) is 2.17. The maximum Gasteiger partial charge on any atom is 0.151 e. The van der Waals surface area contributed by atoms with Gasteiger partial charge in [0.2, 0.25) is 0 Å². The third kappa shape index (κ3) is 4.67. The van der Waals surface area contributed by atoms with Gasteiger partial charge in [-0.15, -0.1) is 0 Å². The molecule has 0 aromatic carbocycles. The Morgan fingerprint density at radius 3 is 2.62 bits per heavy atom. The molecular weight excluding hydrogens is 226 g/mol. The zero-order valence-electron chi connectivity index (χ0n) is 9.60. The minimum atomic E-state index is -2.88. The molecular formula is C10H17N3O2S. The summed E-state index contributed by atoms with van der Waals surface area (Å²) < 4.78 is 22.4. The van der Waals surface area contributed by atoms with E-state index in [2.05, 4.69) is 15.3 Å². The Labute approximate surface area is 96.2 Å². The fourth-order valence-electron chi connectivity index (χ4n) is 1.10. The average molecular weight is 243 g/mol. The second-order valence-corrected chi connectivity index (χ2v) is 6.04. The van der Waals surface area contributed by atoms with Gasteiger partial charge in [-0.3, -0.25) is 9.97 Å². The highest BCUT2D eigenvalue weighted by molar-refractivity contribution is 7.91. The summed E-state index contributed by atoms with van der Waals surface area (Å²) in [5, 5.41) is 3.03. The Balaban J connectivity index is 2.29. The minimum absolute atomic E-state index is 0.169. The lowest BCUT2D eigenvalue weighted by atomic mass is 10.4. The van der Waals surface area contributed by atoms with Gasteiger partial charge in [0.25, 0.3) is 0 Å². The van der Waals surface area contributed by atoms with Crippen molar-refractivity contribution >= 4 is 9.84 Å². The van der Waals surface area contributed by atoms with E-state index in [1.54, 1.807) is 19.3 Å². The van der Waals surface area contributed by atoms with Crippen molar-refractivity contribution in [2.45, 2.75) is 20.4 Å². The predicted octanol–water partition coefficient (Wildman–Crippen LogP) is 0.309. The van der Waals surface area contributed by atoms with E-state index in [-0.39, 0.29) is 11.5 Å². The van der Waals surface area contributed by atoms with Crippen LogP contribution in [0.1, 0.15) is 18.3 Å². The van der Waals surface area contributed by atoms with E-state index in [0.717, 1.165) is 11.4 Å². The smallest absolute Gasteiger partial charge is 0.151 e. The molecule has 1 rings (SSSR count). The van der Waals surface area contributed by atoms with Gasteiger partial charge in [0.15, 0.2) is 9.84 Å². The van der Waals surface area contributed by atoms with Gasteiger partial charge in [-0.25, -0.2) is 8.42 Å². The van der Waals surface area contributed by atoms with Crippen molar-refractivity contribution < 1.29 is 8.42 Å². The minimum Gasteiger partial charge on any atom is -0.310 e. The lowest BCUT2D eigenvalue weighted by Gasteiger charge is -2.04. The number of sulfone groups is 1. The molecule has 0 radical (unpaired) electrons. The number of nitrogens with zero attached hydrogens (tertiary/aromatic N) is 2. The van der Waals surface area contributed by atoms with Gasteiger partial charge in [-0.2, -0.15) is 0 Å². The van der Waals surface area contributed by atoms with Gasteiger partial charge in [-0.05, 0) is 6.92 Å². The third-order valence-corrected chi connectivity index (χ3v) is 3.88. The number of aromatic nitrogens is 2. The second-order valence-electron chi connectivity index (χ2n) is 3.56. The summed E-state index contributed by atoms with van der Waals surface area (Å²) in [6, 6.07) is 0. The molecule has 0 bridgehead atoms. The second kappa shape index (κ2) is 5.91. The Kier molecular flexibility index (Phi) is 4.82. The molecule has 0 saturated carbocycles. The van der Waals surface area contributed by atoms with E-state index < -0.39 is 9.84 Å². The molecule has 0 aliphatic rings. The van der Waals surface area contributed by atoms with Gasteiger partial charge in [0.1, 0.15) is 0 Å². The molecule has 0 aliphatic heterocycles. The van der Waals surface area contributed by atoms with Gasteiger partial charge in [-0.1, -0.05) is 6.92 Å². The van der Waals surface area contributed by atoms with E-state index in [4.69, 9.17) is 0 Å². The highest BCUT2D eigenvalue weighted by Gasteiger charge is 2.05. The summed E-state index contributed by atoms with van der Waals surface area (Å²) >= 11 is 0. The molecule has 0 fully saturated rings. The number of rotatable bonds is 6. The number of aryl methyl sites for hydroxylation is 1. The van der Waals surface area contributed by atoms with E-state index in [9.17, 15) is 8.42 Å². The van der Waals surface area contributed by atoms with Crippen LogP contribution in [-0.2, 0) is 16.4 Å². The SMILES string of the molecule is CCS(=O)(=O)CCNCc1cnc(C)cn1. The van der Waals surface area contributed by atoms with Crippen LogP contribution in [0.3, 0.4) is 0 Å². The molecule has 0 amide bonds. The maximum absolute atomic E-state index is 11.2. The van der Waals surface area contributed by atoms with E-state index in [1.807, 2.05) is 6.92 Å². The molecule has 90 valence electrons. The van der Waals surface area contributed by atoms with Crippen molar-refractivity contribution in [3.8, 4) is 0 Å². The van der Waals surface area contributed by atoms with E-state index in [0.29, 0.717) is 13.1 Å². The van der Waals surface area contributed by atoms with Crippen LogP contribution in [0, 0.1) is 6.92 Å². The first-order valence-electron chi connectivity index (χ1n) is 5.22. The molecule has 1 aromatic heterocycles. The van der Waals surface area contributed by atoms with Crippen molar-refractivity contribution in [1.82, 2.24) is 15.3 Å². The monoisotopic (exact) mass is 243 g/mol. The van der Waals surface area contributed by atoms with Gasteiger partial charge in [0, 0.05) is 31.2 Å². The van der Waals surface area contributed by atoms with E-state index in [1.165, 1.54) is 0 Å².